The quantitative estimate of drug-likeness (QED) is 0.904. The molecule has 0 aliphatic rings. The van der Waals surface area contributed by atoms with Crippen LogP contribution in [0.1, 0.15) is 13.0 Å². The molecule has 1 atom stereocenters. The molecular weight excluding hydrogens is 262 g/mol. The molecule has 0 aliphatic heterocycles. The molecule has 1 N–H and O–H groups in total. The van der Waals surface area contributed by atoms with E-state index in [0.29, 0.717) is 5.52 Å². The van der Waals surface area contributed by atoms with Crippen LogP contribution in [0.2, 0.25) is 0 Å². The van der Waals surface area contributed by atoms with Crippen LogP contribution in [0, 0.1) is 0 Å². The fourth-order valence-electron chi connectivity index (χ4n) is 1.34. The molecular formula is C9H8BrN3O2. The van der Waals surface area contributed by atoms with Crippen LogP contribution in [0.25, 0.3) is 11.0 Å². The van der Waals surface area contributed by atoms with E-state index in [4.69, 9.17) is 5.11 Å². The van der Waals surface area contributed by atoms with E-state index < -0.39 is 12.0 Å². The van der Waals surface area contributed by atoms with Gasteiger partial charge in [-0.1, -0.05) is 0 Å². The van der Waals surface area contributed by atoms with E-state index in [1.807, 2.05) is 0 Å². The van der Waals surface area contributed by atoms with Crippen LogP contribution in [0.5, 0.6) is 0 Å². The number of fused-ring (bicyclic) bond motifs is 1. The zero-order chi connectivity index (χ0) is 11.0. The van der Waals surface area contributed by atoms with E-state index in [2.05, 4.69) is 25.9 Å². The van der Waals surface area contributed by atoms with E-state index in [1.165, 1.54) is 6.33 Å². The number of pyridine rings is 1. The lowest BCUT2D eigenvalue weighted by molar-refractivity contribution is -0.140. The highest BCUT2D eigenvalue weighted by Gasteiger charge is 2.16. The zero-order valence-corrected chi connectivity index (χ0v) is 9.47. The average Bonchev–Trinajstić information content (AvgIpc) is 2.61. The van der Waals surface area contributed by atoms with Crippen LogP contribution < -0.4 is 0 Å². The fraction of sp³-hybridized carbons (Fsp3) is 0.222. The Morgan fingerprint density at radius 2 is 2.33 bits per heavy atom. The predicted octanol–water partition coefficient (Wildman–Crippen LogP) is 1.84. The molecule has 0 bridgehead atoms. The molecule has 2 aromatic rings. The standard InChI is InChI=1S/C9H8BrN3O2/c1-5(9(14)15)13-4-12-8-6(10)2-11-3-7(8)13/h2-5H,1H3,(H,14,15)/t5-/m0/s1. The molecule has 0 amide bonds. The number of carboxylic acids is 1. The van der Waals surface area contributed by atoms with Crippen molar-refractivity contribution in [3.63, 3.8) is 0 Å². The molecule has 6 heteroatoms. The average molecular weight is 270 g/mol. The van der Waals surface area contributed by atoms with Crippen molar-refractivity contribution in [2.45, 2.75) is 13.0 Å². The summed E-state index contributed by atoms with van der Waals surface area (Å²) in [4.78, 5) is 19.0. The lowest BCUT2D eigenvalue weighted by atomic mass is 10.3. The van der Waals surface area contributed by atoms with Gasteiger partial charge in [0, 0.05) is 6.20 Å². The SMILES string of the molecule is C[C@@H](C(=O)O)n1cnc2c(Br)cncc21. The number of hydrogen-bond donors (Lipinski definition) is 1. The Morgan fingerprint density at radius 1 is 1.60 bits per heavy atom. The summed E-state index contributed by atoms with van der Waals surface area (Å²) in [5, 5.41) is 8.90. The first kappa shape index (κ1) is 10.1. The minimum absolute atomic E-state index is 0.647. The zero-order valence-electron chi connectivity index (χ0n) is 7.88. The van der Waals surface area contributed by atoms with Gasteiger partial charge in [0.05, 0.1) is 22.5 Å². The Labute approximate surface area is 93.9 Å². The maximum atomic E-state index is 10.8. The lowest BCUT2D eigenvalue weighted by Gasteiger charge is -2.08. The van der Waals surface area contributed by atoms with Gasteiger partial charge in [-0.15, -0.1) is 0 Å². The van der Waals surface area contributed by atoms with Gasteiger partial charge in [-0.2, -0.15) is 0 Å². The summed E-state index contributed by atoms with van der Waals surface area (Å²) in [7, 11) is 0. The molecule has 0 spiro atoms. The van der Waals surface area contributed by atoms with Gasteiger partial charge in [-0.3, -0.25) is 4.98 Å². The first-order chi connectivity index (χ1) is 7.11. The number of rotatable bonds is 2. The molecule has 0 saturated carbocycles. The molecule has 0 saturated heterocycles. The van der Waals surface area contributed by atoms with Crippen LogP contribution >= 0.6 is 15.9 Å². The molecule has 2 aromatic heterocycles. The third-order valence-electron chi connectivity index (χ3n) is 2.22. The van der Waals surface area contributed by atoms with Gasteiger partial charge in [0.1, 0.15) is 11.6 Å². The molecule has 2 rings (SSSR count). The minimum Gasteiger partial charge on any atom is -0.480 e. The summed E-state index contributed by atoms with van der Waals surface area (Å²) in [6, 6.07) is -0.647. The predicted molar refractivity (Wildman–Crippen MR) is 57.6 cm³/mol. The molecule has 5 nitrogen and oxygen atoms in total. The van der Waals surface area contributed by atoms with Crippen LogP contribution in [-0.4, -0.2) is 25.6 Å². The number of halogens is 1. The fourth-order valence-corrected chi connectivity index (χ4v) is 1.77. The van der Waals surface area contributed by atoms with E-state index >= 15 is 0 Å². The summed E-state index contributed by atoms with van der Waals surface area (Å²) >= 11 is 3.31. The summed E-state index contributed by atoms with van der Waals surface area (Å²) < 4.78 is 2.34. The van der Waals surface area contributed by atoms with E-state index in [1.54, 1.807) is 23.9 Å². The van der Waals surface area contributed by atoms with Crippen LogP contribution in [-0.2, 0) is 4.79 Å². The third-order valence-corrected chi connectivity index (χ3v) is 2.80. The number of aliphatic carboxylic acids is 1. The number of carbonyl (C=O) groups is 1. The molecule has 15 heavy (non-hydrogen) atoms. The number of hydrogen-bond acceptors (Lipinski definition) is 3. The van der Waals surface area contributed by atoms with Crippen molar-refractivity contribution in [2.24, 2.45) is 0 Å². The summed E-state index contributed by atoms with van der Waals surface area (Å²) in [6.07, 6.45) is 4.74. The van der Waals surface area contributed by atoms with Crippen molar-refractivity contribution in [3.05, 3.63) is 23.2 Å². The Kier molecular flexibility index (Phi) is 2.44. The normalized spacial score (nSPS) is 12.9. The van der Waals surface area contributed by atoms with Crippen LogP contribution in [0.4, 0.5) is 0 Å². The van der Waals surface area contributed by atoms with Crippen molar-refractivity contribution >= 4 is 32.9 Å². The van der Waals surface area contributed by atoms with Crippen LogP contribution in [0.15, 0.2) is 23.2 Å². The van der Waals surface area contributed by atoms with Gasteiger partial charge < -0.3 is 9.67 Å². The van der Waals surface area contributed by atoms with Crippen molar-refractivity contribution in [1.82, 2.24) is 14.5 Å². The highest BCUT2D eigenvalue weighted by Crippen LogP contribution is 2.23. The maximum Gasteiger partial charge on any atom is 0.326 e. The number of carboxylic acid groups (broad SMARTS) is 1. The van der Waals surface area contributed by atoms with Crippen LogP contribution in [0.3, 0.4) is 0 Å². The van der Waals surface area contributed by atoms with Gasteiger partial charge in [0.2, 0.25) is 0 Å². The van der Waals surface area contributed by atoms with Gasteiger partial charge in [0.15, 0.2) is 0 Å². The largest absolute Gasteiger partial charge is 0.480 e. The minimum atomic E-state index is -0.894. The second-order valence-corrected chi connectivity index (χ2v) is 4.01. The van der Waals surface area contributed by atoms with Gasteiger partial charge >= 0.3 is 5.97 Å². The highest BCUT2D eigenvalue weighted by molar-refractivity contribution is 9.10. The Morgan fingerprint density at radius 3 is 3.00 bits per heavy atom. The molecule has 78 valence electrons. The topological polar surface area (TPSA) is 68.0 Å². The first-order valence-electron chi connectivity index (χ1n) is 4.30. The Bertz CT molecular complexity index is 523. The van der Waals surface area contributed by atoms with Gasteiger partial charge in [0.25, 0.3) is 0 Å². The molecule has 2 heterocycles. The molecule has 0 fully saturated rings. The summed E-state index contributed by atoms with van der Waals surface area (Å²) in [6.45, 7) is 1.60. The highest BCUT2D eigenvalue weighted by atomic mass is 79.9. The lowest BCUT2D eigenvalue weighted by Crippen LogP contribution is -2.14. The molecule has 0 radical (unpaired) electrons. The number of aromatic nitrogens is 3. The van der Waals surface area contributed by atoms with Crippen molar-refractivity contribution < 1.29 is 9.90 Å². The van der Waals surface area contributed by atoms with E-state index in [9.17, 15) is 4.79 Å². The van der Waals surface area contributed by atoms with Crippen molar-refractivity contribution in [3.8, 4) is 0 Å². The second kappa shape index (κ2) is 3.62. The number of nitrogens with zero attached hydrogens (tertiary/aromatic N) is 3. The smallest absolute Gasteiger partial charge is 0.326 e. The summed E-state index contributed by atoms with van der Waals surface area (Å²) in [5.74, 6) is -0.894. The van der Waals surface area contributed by atoms with Crippen molar-refractivity contribution in [2.75, 3.05) is 0 Å². The second-order valence-electron chi connectivity index (χ2n) is 3.16. The summed E-state index contributed by atoms with van der Waals surface area (Å²) in [5.41, 5.74) is 1.43. The van der Waals surface area contributed by atoms with Gasteiger partial charge in [-0.25, -0.2) is 9.78 Å². The molecule has 0 aromatic carbocycles. The maximum absolute atomic E-state index is 10.8. The third kappa shape index (κ3) is 1.61. The van der Waals surface area contributed by atoms with Crippen molar-refractivity contribution in [1.29, 1.82) is 0 Å². The monoisotopic (exact) mass is 269 g/mol. The first-order valence-corrected chi connectivity index (χ1v) is 5.09. The molecule has 0 unspecified atom stereocenters. The Hall–Kier alpha value is -1.43. The van der Waals surface area contributed by atoms with Gasteiger partial charge in [-0.05, 0) is 22.9 Å². The van der Waals surface area contributed by atoms with E-state index in [0.717, 1.165) is 9.99 Å². The Balaban J connectivity index is 2.64. The van der Waals surface area contributed by atoms with E-state index in [-0.39, 0.29) is 0 Å². The molecule has 0 aliphatic carbocycles. The number of imidazole rings is 1.